The third kappa shape index (κ3) is 3.67. The average molecular weight is 346 g/mol. The summed E-state index contributed by atoms with van der Waals surface area (Å²) in [4.78, 5) is 12.2. The number of ether oxygens (including phenoxy) is 1. The summed E-state index contributed by atoms with van der Waals surface area (Å²) in [6.07, 6.45) is 0. The van der Waals surface area contributed by atoms with Crippen LogP contribution in [0.25, 0.3) is 10.6 Å². The largest absolute Gasteiger partial charge is 0.497 e. The van der Waals surface area contributed by atoms with Crippen LogP contribution in [0.3, 0.4) is 0 Å². The maximum absolute atomic E-state index is 12.2. The molecule has 2 aromatic carbocycles. The lowest BCUT2D eigenvalue weighted by Gasteiger charge is -2.02. The van der Waals surface area contributed by atoms with Crippen molar-refractivity contribution in [1.82, 2.24) is 10.2 Å². The Labute approximate surface area is 141 Å². The number of nitrogens with one attached hydrogen (secondary N) is 1. The molecule has 3 rings (SSSR count). The van der Waals surface area contributed by atoms with E-state index in [1.54, 1.807) is 43.5 Å². The van der Waals surface area contributed by atoms with E-state index in [1.165, 1.54) is 11.3 Å². The standard InChI is InChI=1S/C16H12ClN3O2S/c1-22-13-8-4-10(5-9-13)14(21)18-16-20-19-15(23-16)11-2-6-12(17)7-3-11/h2-9H,1H3,(H,18,20,21). The molecule has 1 N–H and O–H groups in total. The molecular weight excluding hydrogens is 334 g/mol. The number of rotatable bonds is 4. The SMILES string of the molecule is COc1ccc(C(=O)Nc2nnc(-c3ccc(Cl)cc3)s2)cc1. The number of methoxy groups -OCH3 is 1. The lowest BCUT2D eigenvalue weighted by molar-refractivity contribution is 0.102. The minimum atomic E-state index is -0.244. The van der Waals surface area contributed by atoms with E-state index in [-0.39, 0.29) is 5.91 Å². The molecule has 0 radical (unpaired) electrons. The molecule has 0 saturated carbocycles. The first-order valence-electron chi connectivity index (χ1n) is 6.70. The molecule has 1 amide bonds. The maximum Gasteiger partial charge on any atom is 0.257 e. The van der Waals surface area contributed by atoms with Crippen molar-refractivity contribution in [3.63, 3.8) is 0 Å². The molecule has 0 aliphatic heterocycles. The first-order valence-corrected chi connectivity index (χ1v) is 7.90. The summed E-state index contributed by atoms with van der Waals surface area (Å²) in [5.74, 6) is 0.453. The van der Waals surface area contributed by atoms with E-state index in [9.17, 15) is 4.79 Å². The average Bonchev–Trinajstić information content (AvgIpc) is 3.04. The zero-order chi connectivity index (χ0) is 16.2. The predicted molar refractivity (Wildman–Crippen MR) is 91.3 cm³/mol. The van der Waals surface area contributed by atoms with Gasteiger partial charge in [-0.1, -0.05) is 35.1 Å². The van der Waals surface area contributed by atoms with Crippen molar-refractivity contribution >= 4 is 34.0 Å². The molecule has 0 fully saturated rings. The molecule has 0 aliphatic rings. The van der Waals surface area contributed by atoms with Gasteiger partial charge in [-0.05, 0) is 36.4 Å². The Hall–Kier alpha value is -2.44. The summed E-state index contributed by atoms with van der Waals surface area (Å²) in [6, 6.07) is 14.1. The van der Waals surface area contributed by atoms with E-state index in [0.29, 0.717) is 26.5 Å². The van der Waals surface area contributed by atoms with E-state index in [2.05, 4.69) is 15.5 Å². The van der Waals surface area contributed by atoms with Gasteiger partial charge in [0.1, 0.15) is 10.8 Å². The van der Waals surface area contributed by atoms with E-state index in [0.717, 1.165) is 5.56 Å². The third-order valence-corrected chi connectivity index (χ3v) is 4.23. The summed E-state index contributed by atoms with van der Waals surface area (Å²) in [6.45, 7) is 0. The van der Waals surface area contributed by atoms with Gasteiger partial charge in [-0.15, -0.1) is 10.2 Å². The van der Waals surface area contributed by atoms with Crippen LogP contribution in [0.1, 0.15) is 10.4 Å². The molecule has 1 heterocycles. The number of aromatic nitrogens is 2. The van der Waals surface area contributed by atoms with Crippen molar-refractivity contribution in [2.45, 2.75) is 0 Å². The molecule has 1 aromatic heterocycles. The molecule has 0 aliphatic carbocycles. The number of halogens is 1. The van der Waals surface area contributed by atoms with Gasteiger partial charge in [0.05, 0.1) is 7.11 Å². The number of hydrogen-bond donors (Lipinski definition) is 1. The highest BCUT2D eigenvalue weighted by Gasteiger charge is 2.11. The van der Waals surface area contributed by atoms with Gasteiger partial charge in [-0.3, -0.25) is 10.1 Å². The summed E-state index contributed by atoms with van der Waals surface area (Å²) < 4.78 is 5.07. The quantitative estimate of drug-likeness (QED) is 0.772. The number of nitrogens with zero attached hydrogens (tertiary/aromatic N) is 2. The molecule has 116 valence electrons. The summed E-state index contributed by atoms with van der Waals surface area (Å²) in [5.41, 5.74) is 1.42. The van der Waals surface area contributed by atoms with Gasteiger partial charge in [0.2, 0.25) is 5.13 Å². The van der Waals surface area contributed by atoms with Crippen LogP contribution in [-0.2, 0) is 0 Å². The minimum absolute atomic E-state index is 0.244. The van der Waals surface area contributed by atoms with Crippen LogP contribution in [0.15, 0.2) is 48.5 Å². The van der Waals surface area contributed by atoms with Gasteiger partial charge >= 0.3 is 0 Å². The fourth-order valence-electron chi connectivity index (χ4n) is 1.89. The Morgan fingerprint density at radius 3 is 2.43 bits per heavy atom. The van der Waals surface area contributed by atoms with Crippen LogP contribution in [0.5, 0.6) is 5.75 Å². The van der Waals surface area contributed by atoms with Crippen molar-refractivity contribution in [2.75, 3.05) is 12.4 Å². The summed E-state index contributed by atoms with van der Waals surface area (Å²) in [5, 5.41) is 12.6. The molecule has 23 heavy (non-hydrogen) atoms. The molecule has 5 nitrogen and oxygen atoms in total. The Balaban J connectivity index is 1.73. The fourth-order valence-corrected chi connectivity index (χ4v) is 2.76. The van der Waals surface area contributed by atoms with E-state index in [4.69, 9.17) is 16.3 Å². The Bertz CT molecular complexity index is 816. The second kappa shape index (κ2) is 6.76. The highest BCUT2D eigenvalue weighted by molar-refractivity contribution is 7.18. The summed E-state index contributed by atoms with van der Waals surface area (Å²) >= 11 is 7.16. The lowest BCUT2D eigenvalue weighted by Crippen LogP contribution is -2.11. The predicted octanol–water partition coefficient (Wildman–Crippen LogP) is 4.12. The molecular formula is C16H12ClN3O2S. The Morgan fingerprint density at radius 2 is 1.78 bits per heavy atom. The lowest BCUT2D eigenvalue weighted by atomic mass is 10.2. The second-order valence-corrected chi connectivity index (χ2v) is 6.02. The van der Waals surface area contributed by atoms with Crippen LogP contribution in [0, 0.1) is 0 Å². The molecule has 7 heteroatoms. The first-order chi connectivity index (χ1) is 11.2. The number of hydrogen-bond acceptors (Lipinski definition) is 5. The highest BCUT2D eigenvalue weighted by atomic mass is 35.5. The van der Waals surface area contributed by atoms with E-state index in [1.807, 2.05) is 12.1 Å². The van der Waals surface area contributed by atoms with Crippen molar-refractivity contribution in [1.29, 1.82) is 0 Å². The maximum atomic E-state index is 12.2. The zero-order valence-electron chi connectivity index (χ0n) is 12.1. The van der Waals surface area contributed by atoms with Gasteiger partial charge in [0, 0.05) is 16.1 Å². The molecule has 3 aromatic rings. The van der Waals surface area contributed by atoms with Crippen molar-refractivity contribution < 1.29 is 9.53 Å². The smallest absolute Gasteiger partial charge is 0.257 e. The molecule has 0 spiro atoms. The van der Waals surface area contributed by atoms with Crippen molar-refractivity contribution in [3.05, 3.63) is 59.1 Å². The van der Waals surface area contributed by atoms with E-state index >= 15 is 0 Å². The molecule has 0 atom stereocenters. The second-order valence-electron chi connectivity index (χ2n) is 4.60. The number of carbonyl (C=O) groups is 1. The first kappa shape index (κ1) is 15.5. The Morgan fingerprint density at radius 1 is 1.09 bits per heavy atom. The Kier molecular flexibility index (Phi) is 4.55. The normalized spacial score (nSPS) is 10.3. The minimum Gasteiger partial charge on any atom is -0.497 e. The van der Waals surface area contributed by atoms with Crippen molar-refractivity contribution in [3.8, 4) is 16.3 Å². The van der Waals surface area contributed by atoms with Gasteiger partial charge in [-0.25, -0.2) is 0 Å². The van der Waals surface area contributed by atoms with Gasteiger partial charge in [0.25, 0.3) is 5.91 Å². The highest BCUT2D eigenvalue weighted by Crippen LogP contribution is 2.27. The topological polar surface area (TPSA) is 64.1 Å². The van der Waals surface area contributed by atoms with E-state index < -0.39 is 0 Å². The molecule has 0 bridgehead atoms. The number of benzene rings is 2. The van der Waals surface area contributed by atoms with Crippen LogP contribution in [-0.4, -0.2) is 23.2 Å². The van der Waals surface area contributed by atoms with Crippen LogP contribution in [0.2, 0.25) is 5.02 Å². The zero-order valence-corrected chi connectivity index (χ0v) is 13.7. The number of amides is 1. The number of carbonyl (C=O) groups excluding carboxylic acids is 1. The number of anilines is 1. The van der Waals surface area contributed by atoms with Gasteiger partial charge in [-0.2, -0.15) is 0 Å². The third-order valence-electron chi connectivity index (χ3n) is 3.09. The molecule has 0 unspecified atom stereocenters. The van der Waals surface area contributed by atoms with Crippen LogP contribution in [0.4, 0.5) is 5.13 Å². The fraction of sp³-hybridized carbons (Fsp3) is 0.0625. The van der Waals surface area contributed by atoms with Gasteiger partial charge in [0.15, 0.2) is 0 Å². The van der Waals surface area contributed by atoms with Crippen LogP contribution >= 0.6 is 22.9 Å². The monoisotopic (exact) mass is 345 g/mol. The van der Waals surface area contributed by atoms with Crippen molar-refractivity contribution in [2.24, 2.45) is 0 Å². The summed E-state index contributed by atoms with van der Waals surface area (Å²) in [7, 11) is 1.58. The molecule has 0 saturated heterocycles. The van der Waals surface area contributed by atoms with Crippen LogP contribution < -0.4 is 10.1 Å². The van der Waals surface area contributed by atoms with Gasteiger partial charge < -0.3 is 4.74 Å².